The van der Waals surface area contributed by atoms with Gasteiger partial charge in [0.15, 0.2) is 0 Å². The molecule has 0 radical (unpaired) electrons. The van der Waals surface area contributed by atoms with Crippen molar-refractivity contribution in [3.63, 3.8) is 0 Å². The number of carboxylic acids is 2. The largest absolute Gasteiger partial charge is 0.473 e. The van der Waals surface area contributed by atoms with Crippen molar-refractivity contribution in [2.75, 3.05) is 24.6 Å². The van der Waals surface area contributed by atoms with Crippen molar-refractivity contribution in [1.29, 1.82) is 0 Å². The minimum atomic E-state index is -1.82. The van der Waals surface area contributed by atoms with Crippen molar-refractivity contribution in [3.8, 4) is 0 Å². The Balaban J connectivity index is 0.000000469. The molecule has 0 aliphatic carbocycles. The third kappa shape index (κ3) is 8.32. The molecule has 3 rings (SSSR count). The van der Waals surface area contributed by atoms with E-state index in [4.69, 9.17) is 19.8 Å². The van der Waals surface area contributed by atoms with Crippen LogP contribution in [0.1, 0.15) is 24.8 Å². The Morgan fingerprint density at radius 1 is 0.833 bits per heavy atom. The van der Waals surface area contributed by atoms with Gasteiger partial charge < -0.3 is 10.2 Å². The van der Waals surface area contributed by atoms with Crippen molar-refractivity contribution in [2.24, 2.45) is 0 Å². The Morgan fingerprint density at radius 2 is 1.37 bits per heavy atom. The van der Waals surface area contributed by atoms with Crippen LogP contribution in [0.2, 0.25) is 0 Å². The summed E-state index contributed by atoms with van der Waals surface area (Å²) in [7, 11) is 0. The number of amides is 1. The molecule has 8 nitrogen and oxygen atoms in total. The van der Waals surface area contributed by atoms with Gasteiger partial charge in [0.05, 0.1) is 18.8 Å². The number of carbonyl (C=O) groups is 3. The van der Waals surface area contributed by atoms with Gasteiger partial charge in [-0.15, -0.1) is 0 Å². The van der Waals surface area contributed by atoms with E-state index in [0.29, 0.717) is 13.1 Å². The van der Waals surface area contributed by atoms with Gasteiger partial charge in [-0.05, 0) is 43.6 Å². The van der Waals surface area contributed by atoms with Gasteiger partial charge >= 0.3 is 11.9 Å². The fraction of sp³-hybridized carbons (Fsp3) is 0.318. The van der Waals surface area contributed by atoms with Crippen LogP contribution in [0.15, 0.2) is 60.7 Å². The summed E-state index contributed by atoms with van der Waals surface area (Å²) in [6.07, 6.45) is 3.67. The van der Waals surface area contributed by atoms with Crippen LogP contribution in [0.3, 0.4) is 0 Å². The standard InChI is InChI=1S/C20H25N3O.C2H2O4/c24-20(17-22-14-8-3-9-15-22)21-23(19-12-6-2-7-13-19)16-18-10-4-1-5-11-18;3-1(4)2(5)6/h1-2,4-7,10-13H,3,8-9,14-17H2,(H,21,24);(H,3,4)(H,5,6). The first-order valence-corrected chi connectivity index (χ1v) is 9.80. The number of anilines is 1. The van der Waals surface area contributed by atoms with Crippen molar-refractivity contribution in [2.45, 2.75) is 25.8 Å². The smallest absolute Gasteiger partial charge is 0.414 e. The molecule has 2 aromatic rings. The normalized spacial score (nSPS) is 13.5. The van der Waals surface area contributed by atoms with Gasteiger partial charge in [-0.25, -0.2) is 9.59 Å². The predicted octanol–water partition coefficient (Wildman–Crippen LogP) is 2.37. The molecular weight excluding hydrogens is 386 g/mol. The predicted molar refractivity (Wildman–Crippen MR) is 113 cm³/mol. The number of carboxylic acid groups (broad SMARTS) is 2. The molecule has 0 bridgehead atoms. The summed E-state index contributed by atoms with van der Waals surface area (Å²) in [5.41, 5.74) is 5.24. The summed E-state index contributed by atoms with van der Waals surface area (Å²) < 4.78 is 0. The lowest BCUT2D eigenvalue weighted by Gasteiger charge is -2.29. The number of para-hydroxylation sites is 1. The van der Waals surface area contributed by atoms with Crippen LogP contribution in [0, 0.1) is 0 Å². The summed E-state index contributed by atoms with van der Waals surface area (Å²) in [6, 6.07) is 20.2. The number of hydrogen-bond donors (Lipinski definition) is 3. The van der Waals surface area contributed by atoms with Gasteiger partial charge in [0.2, 0.25) is 0 Å². The van der Waals surface area contributed by atoms with Crippen LogP contribution >= 0.6 is 0 Å². The number of likely N-dealkylation sites (tertiary alicyclic amines) is 1. The minimum Gasteiger partial charge on any atom is -0.473 e. The quantitative estimate of drug-likeness (QED) is 0.493. The van der Waals surface area contributed by atoms with E-state index < -0.39 is 11.9 Å². The zero-order chi connectivity index (χ0) is 21.8. The second kappa shape index (κ2) is 12.2. The average Bonchev–Trinajstić information content (AvgIpc) is 2.76. The van der Waals surface area contributed by atoms with E-state index in [-0.39, 0.29) is 5.91 Å². The van der Waals surface area contributed by atoms with E-state index in [1.807, 2.05) is 53.5 Å². The highest BCUT2D eigenvalue weighted by Gasteiger charge is 2.16. The van der Waals surface area contributed by atoms with Crippen molar-refractivity contribution in [3.05, 3.63) is 66.2 Å². The molecule has 160 valence electrons. The number of aliphatic carboxylic acids is 2. The molecule has 1 heterocycles. The van der Waals surface area contributed by atoms with E-state index in [2.05, 4.69) is 22.5 Å². The Bertz CT molecular complexity index is 796. The number of hydrogen-bond acceptors (Lipinski definition) is 5. The molecule has 8 heteroatoms. The minimum absolute atomic E-state index is 0.0525. The van der Waals surface area contributed by atoms with E-state index in [1.165, 1.54) is 24.8 Å². The average molecular weight is 413 g/mol. The van der Waals surface area contributed by atoms with Gasteiger partial charge in [-0.1, -0.05) is 55.0 Å². The first-order valence-electron chi connectivity index (χ1n) is 9.80. The van der Waals surface area contributed by atoms with E-state index in [1.54, 1.807) is 0 Å². The van der Waals surface area contributed by atoms with Gasteiger partial charge in [0, 0.05) is 0 Å². The molecule has 1 saturated heterocycles. The summed E-state index contributed by atoms with van der Waals surface area (Å²) in [5, 5.41) is 16.7. The van der Waals surface area contributed by atoms with Crippen LogP contribution in [0.4, 0.5) is 5.69 Å². The van der Waals surface area contributed by atoms with Gasteiger partial charge in [-0.2, -0.15) is 0 Å². The summed E-state index contributed by atoms with van der Waals surface area (Å²) in [6.45, 7) is 3.17. The molecule has 0 atom stereocenters. The Labute approximate surface area is 175 Å². The fourth-order valence-corrected chi connectivity index (χ4v) is 3.08. The lowest BCUT2D eigenvalue weighted by atomic mass is 10.1. The number of benzene rings is 2. The molecule has 1 aliphatic rings. The maximum Gasteiger partial charge on any atom is 0.414 e. The maximum atomic E-state index is 12.5. The van der Waals surface area contributed by atoms with Gasteiger partial charge in [-0.3, -0.25) is 20.1 Å². The lowest BCUT2D eigenvalue weighted by molar-refractivity contribution is -0.159. The topological polar surface area (TPSA) is 110 Å². The second-order valence-corrected chi connectivity index (χ2v) is 6.89. The number of hydrazine groups is 1. The number of carbonyl (C=O) groups excluding carboxylic acids is 1. The highest BCUT2D eigenvalue weighted by atomic mass is 16.4. The zero-order valence-electron chi connectivity index (χ0n) is 16.7. The molecule has 2 aromatic carbocycles. The van der Waals surface area contributed by atoms with Crippen LogP contribution in [-0.4, -0.2) is 52.6 Å². The Kier molecular flexibility index (Phi) is 9.33. The lowest BCUT2D eigenvalue weighted by Crippen LogP contribution is -2.47. The maximum absolute atomic E-state index is 12.5. The first kappa shape index (κ1) is 22.9. The van der Waals surface area contributed by atoms with E-state index in [0.717, 1.165) is 18.8 Å². The Hall–Kier alpha value is -3.39. The number of nitrogens with one attached hydrogen (secondary N) is 1. The van der Waals surface area contributed by atoms with Crippen LogP contribution in [-0.2, 0) is 20.9 Å². The van der Waals surface area contributed by atoms with Crippen LogP contribution < -0.4 is 10.4 Å². The molecular formula is C22H27N3O5. The SMILES string of the molecule is O=C(CN1CCCCC1)NN(Cc1ccccc1)c1ccccc1.O=C(O)C(=O)O. The van der Waals surface area contributed by atoms with Crippen molar-refractivity contribution < 1.29 is 24.6 Å². The van der Waals surface area contributed by atoms with Crippen molar-refractivity contribution >= 4 is 23.5 Å². The molecule has 1 amide bonds. The first-order chi connectivity index (χ1) is 14.5. The van der Waals surface area contributed by atoms with Crippen molar-refractivity contribution in [1.82, 2.24) is 10.3 Å². The van der Waals surface area contributed by atoms with E-state index >= 15 is 0 Å². The molecule has 0 saturated carbocycles. The summed E-state index contributed by atoms with van der Waals surface area (Å²) in [4.78, 5) is 32.9. The van der Waals surface area contributed by atoms with Gasteiger partial charge in [0.25, 0.3) is 5.91 Å². The highest BCUT2D eigenvalue weighted by molar-refractivity contribution is 6.27. The van der Waals surface area contributed by atoms with E-state index in [9.17, 15) is 4.79 Å². The monoisotopic (exact) mass is 413 g/mol. The van der Waals surface area contributed by atoms with Gasteiger partial charge in [0.1, 0.15) is 0 Å². The number of nitrogens with zero attached hydrogens (tertiary/aromatic N) is 2. The second-order valence-electron chi connectivity index (χ2n) is 6.89. The fourth-order valence-electron chi connectivity index (χ4n) is 3.08. The number of piperidine rings is 1. The third-order valence-corrected chi connectivity index (χ3v) is 4.51. The molecule has 0 aromatic heterocycles. The summed E-state index contributed by atoms with van der Waals surface area (Å²) >= 11 is 0. The summed E-state index contributed by atoms with van der Waals surface area (Å²) in [5.74, 6) is -3.60. The molecule has 1 aliphatic heterocycles. The molecule has 0 unspecified atom stereocenters. The van der Waals surface area contributed by atoms with Crippen LogP contribution in [0.5, 0.6) is 0 Å². The Morgan fingerprint density at radius 3 is 1.90 bits per heavy atom. The highest BCUT2D eigenvalue weighted by Crippen LogP contribution is 2.15. The van der Waals surface area contributed by atoms with Crippen LogP contribution in [0.25, 0.3) is 0 Å². The molecule has 0 spiro atoms. The molecule has 30 heavy (non-hydrogen) atoms. The number of rotatable bonds is 6. The third-order valence-electron chi connectivity index (χ3n) is 4.51. The molecule has 3 N–H and O–H groups in total. The molecule has 1 fully saturated rings. The zero-order valence-corrected chi connectivity index (χ0v) is 16.7.